The van der Waals surface area contributed by atoms with Crippen LogP contribution >= 0.6 is 0 Å². The van der Waals surface area contributed by atoms with Gasteiger partial charge in [0.15, 0.2) is 5.76 Å². The van der Waals surface area contributed by atoms with Gasteiger partial charge in [-0.1, -0.05) is 30.3 Å². The fraction of sp³-hybridized carbons (Fsp3) is 0. The monoisotopic (exact) mass is 215 g/mol. The quantitative estimate of drug-likeness (QED) is 0.822. The Hall–Kier alpha value is -2.36. The lowest BCUT2D eigenvalue weighted by Crippen LogP contribution is -2.14. The largest absolute Gasteiger partial charge is 0.417 e. The fourth-order valence-electron chi connectivity index (χ4n) is 1.40. The molecule has 1 amide bonds. The molecule has 80 valence electrons. The first-order valence-electron chi connectivity index (χ1n) is 4.67. The molecule has 0 aliphatic heterocycles. The lowest BCUT2D eigenvalue weighted by molar-refractivity contribution is 0.0969. The van der Waals surface area contributed by atoms with Gasteiger partial charge in [-0.25, -0.2) is 4.79 Å². The van der Waals surface area contributed by atoms with E-state index in [1.165, 1.54) is 12.1 Å². The number of nitrogens with two attached hydrogens (primary N) is 1. The van der Waals surface area contributed by atoms with Gasteiger partial charge in [0.2, 0.25) is 0 Å². The molecule has 4 heteroatoms. The first kappa shape index (κ1) is 10.2. The van der Waals surface area contributed by atoms with Crippen molar-refractivity contribution in [1.29, 1.82) is 0 Å². The molecule has 0 saturated carbocycles. The van der Waals surface area contributed by atoms with Gasteiger partial charge in [0.05, 0.1) is 0 Å². The number of carbonyl (C=O) groups is 1. The molecule has 16 heavy (non-hydrogen) atoms. The second-order valence-electron chi connectivity index (χ2n) is 3.26. The van der Waals surface area contributed by atoms with E-state index in [0.717, 1.165) is 5.56 Å². The first-order chi connectivity index (χ1) is 7.66. The zero-order chi connectivity index (χ0) is 11.5. The van der Waals surface area contributed by atoms with Crippen molar-refractivity contribution in [2.45, 2.75) is 0 Å². The predicted octanol–water partition coefficient (Wildman–Crippen LogP) is 1.41. The Labute approximate surface area is 91.3 Å². The summed E-state index contributed by atoms with van der Waals surface area (Å²) >= 11 is 0. The van der Waals surface area contributed by atoms with Gasteiger partial charge in [-0.05, 0) is 17.2 Å². The summed E-state index contributed by atoms with van der Waals surface area (Å²) in [6.45, 7) is 0. The van der Waals surface area contributed by atoms with Crippen molar-refractivity contribution < 1.29 is 9.21 Å². The van der Waals surface area contributed by atoms with Crippen LogP contribution in [-0.2, 0) is 0 Å². The van der Waals surface area contributed by atoms with E-state index in [-0.39, 0.29) is 5.76 Å². The lowest BCUT2D eigenvalue weighted by Gasteiger charge is -2.01. The van der Waals surface area contributed by atoms with Crippen LogP contribution in [0.5, 0.6) is 0 Å². The van der Waals surface area contributed by atoms with Gasteiger partial charge in [0.1, 0.15) is 0 Å². The Morgan fingerprint density at radius 1 is 1.06 bits per heavy atom. The van der Waals surface area contributed by atoms with Gasteiger partial charge in [-0.15, -0.1) is 0 Å². The fourth-order valence-corrected chi connectivity index (χ4v) is 1.40. The summed E-state index contributed by atoms with van der Waals surface area (Å²) in [5.41, 5.74) is 5.92. The molecule has 0 unspecified atom stereocenters. The number of primary amides is 1. The van der Waals surface area contributed by atoms with E-state index >= 15 is 0 Å². The zero-order valence-corrected chi connectivity index (χ0v) is 8.34. The van der Waals surface area contributed by atoms with Gasteiger partial charge < -0.3 is 10.2 Å². The molecular formula is C12H9NO3. The topological polar surface area (TPSA) is 73.3 Å². The summed E-state index contributed by atoms with van der Waals surface area (Å²) in [6.07, 6.45) is 0. The zero-order valence-electron chi connectivity index (χ0n) is 8.34. The number of rotatable bonds is 2. The molecule has 2 aromatic rings. The van der Waals surface area contributed by atoms with E-state index < -0.39 is 11.5 Å². The van der Waals surface area contributed by atoms with Crippen molar-refractivity contribution in [3.63, 3.8) is 0 Å². The second kappa shape index (κ2) is 4.02. The van der Waals surface area contributed by atoms with E-state index in [2.05, 4.69) is 4.42 Å². The van der Waals surface area contributed by atoms with E-state index in [1.54, 1.807) is 0 Å². The van der Waals surface area contributed by atoms with Crippen molar-refractivity contribution >= 4 is 5.91 Å². The van der Waals surface area contributed by atoms with E-state index in [0.29, 0.717) is 5.56 Å². The summed E-state index contributed by atoms with van der Waals surface area (Å²) in [5, 5.41) is 0. The van der Waals surface area contributed by atoms with Gasteiger partial charge in [0.25, 0.3) is 5.91 Å². The minimum absolute atomic E-state index is 0.133. The molecule has 2 N–H and O–H groups in total. The van der Waals surface area contributed by atoms with Crippen LogP contribution < -0.4 is 11.4 Å². The number of hydrogen-bond donors (Lipinski definition) is 1. The van der Waals surface area contributed by atoms with Gasteiger partial charge in [0, 0.05) is 6.07 Å². The Bertz CT molecular complexity index is 572. The third kappa shape index (κ3) is 2.00. The number of hydrogen-bond acceptors (Lipinski definition) is 3. The van der Waals surface area contributed by atoms with Crippen LogP contribution in [0, 0.1) is 0 Å². The average molecular weight is 215 g/mol. The van der Waals surface area contributed by atoms with Crippen molar-refractivity contribution in [2.24, 2.45) is 5.73 Å². The first-order valence-corrected chi connectivity index (χ1v) is 4.67. The SMILES string of the molecule is NC(=O)c1cc(-c2ccccc2)cc(=O)o1. The van der Waals surface area contributed by atoms with Crippen LogP contribution in [0.1, 0.15) is 10.6 Å². The Morgan fingerprint density at radius 3 is 2.38 bits per heavy atom. The van der Waals surface area contributed by atoms with E-state index in [9.17, 15) is 9.59 Å². The molecule has 0 fully saturated rings. The summed E-state index contributed by atoms with van der Waals surface area (Å²) in [6, 6.07) is 12.0. The maximum absolute atomic E-state index is 11.2. The molecular weight excluding hydrogens is 206 g/mol. The second-order valence-corrected chi connectivity index (χ2v) is 3.26. The highest BCUT2D eigenvalue weighted by molar-refractivity contribution is 5.91. The molecule has 0 aliphatic carbocycles. The highest BCUT2D eigenvalue weighted by Gasteiger charge is 2.07. The van der Waals surface area contributed by atoms with Gasteiger partial charge in [-0.3, -0.25) is 4.79 Å². The van der Waals surface area contributed by atoms with Crippen LogP contribution in [0.15, 0.2) is 51.7 Å². The third-order valence-corrected chi connectivity index (χ3v) is 2.12. The van der Waals surface area contributed by atoms with Crippen LogP contribution in [0.25, 0.3) is 11.1 Å². The highest BCUT2D eigenvalue weighted by Crippen LogP contribution is 2.17. The molecule has 0 radical (unpaired) electrons. The minimum atomic E-state index is -0.755. The molecule has 2 rings (SSSR count). The van der Waals surface area contributed by atoms with Crippen molar-refractivity contribution in [3.05, 3.63) is 58.6 Å². The Balaban J connectivity index is 2.58. The molecule has 0 bridgehead atoms. The summed E-state index contributed by atoms with van der Waals surface area (Å²) in [7, 11) is 0. The summed E-state index contributed by atoms with van der Waals surface area (Å²) in [5.74, 6) is -0.888. The molecule has 0 spiro atoms. The van der Waals surface area contributed by atoms with Gasteiger partial charge >= 0.3 is 5.63 Å². The average Bonchev–Trinajstić information content (AvgIpc) is 2.29. The molecule has 0 saturated heterocycles. The smallest absolute Gasteiger partial charge is 0.336 e. The minimum Gasteiger partial charge on any atom is -0.417 e. The molecule has 0 aliphatic rings. The maximum atomic E-state index is 11.2. The van der Waals surface area contributed by atoms with E-state index in [1.807, 2.05) is 30.3 Å². The third-order valence-electron chi connectivity index (χ3n) is 2.12. The van der Waals surface area contributed by atoms with Crippen molar-refractivity contribution in [2.75, 3.05) is 0 Å². The van der Waals surface area contributed by atoms with Crippen molar-refractivity contribution in [1.82, 2.24) is 0 Å². The Morgan fingerprint density at radius 2 is 1.75 bits per heavy atom. The van der Waals surface area contributed by atoms with Crippen molar-refractivity contribution in [3.8, 4) is 11.1 Å². The number of amides is 1. The standard InChI is InChI=1S/C12H9NO3/c13-12(15)10-6-9(7-11(14)16-10)8-4-2-1-3-5-8/h1-7H,(H2,13,15). The van der Waals surface area contributed by atoms with Crippen LogP contribution in [0.3, 0.4) is 0 Å². The molecule has 1 aromatic heterocycles. The van der Waals surface area contributed by atoms with Crippen LogP contribution in [0.2, 0.25) is 0 Å². The number of benzene rings is 1. The normalized spacial score (nSPS) is 10.0. The van der Waals surface area contributed by atoms with Gasteiger partial charge in [-0.2, -0.15) is 0 Å². The summed E-state index contributed by atoms with van der Waals surface area (Å²) < 4.78 is 4.67. The molecule has 1 heterocycles. The lowest BCUT2D eigenvalue weighted by atomic mass is 10.1. The molecule has 0 atom stereocenters. The molecule has 1 aromatic carbocycles. The highest BCUT2D eigenvalue weighted by atomic mass is 16.4. The predicted molar refractivity (Wildman–Crippen MR) is 58.9 cm³/mol. The van der Waals surface area contributed by atoms with Crippen LogP contribution in [-0.4, -0.2) is 5.91 Å². The van der Waals surface area contributed by atoms with E-state index in [4.69, 9.17) is 5.73 Å². The maximum Gasteiger partial charge on any atom is 0.336 e. The number of carbonyl (C=O) groups excluding carboxylic acids is 1. The molecule has 4 nitrogen and oxygen atoms in total. The van der Waals surface area contributed by atoms with Crippen LogP contribution in [0.4, 0.5) is 0 Å². The summed E-state index contributed by atoms with van der Waals surface area (Å²) in [4.78, 5) is 22.1. The Kier molecular flexibility index (Phi) is 2.55.